The zero-order chi connectivity index (χ0) is 21.8. The Balaban J connectivity index is 1.58. The first-order valence-electron chi connectivity index (χ1n) is 10.5. The SMILES string of the molecule is COc1cccc(C(=O)NCc2nc3ccccc3n2Cc2ccc(C(C)C)cc2)c1. The van der Waals surface area contributed by atoms with Gasteiger partial charge in [-0.1, -0.05) is 56.3 Å². The number of aromatic nitrogens is 2. The van der Waals surface area contributed by atoms with Crippen molar-refractivity contribution < 1.29 is 9.53 Å². The molecule has 1 heterocycles. The zero-order valence-electron chi connectivity index (χ0n) is 18.1. The van der Waals surface area contributed by atoms with Gasteiger partial charge >= 0.3 is 0 Å². The Kier molecular flexibility index (Phi) is 6.03. The predicted molar refractivity (Wildman–Crippen MR) is 124 cm³/mol. The molecule has 0 aliphatic carbocycles. The van der Waals surface area contributed by atoms with Crippen molar-refractivity contribution in [1.29, 1.82) is 0 Å². The summed E-state index contributed by atoms with van der Waals surface area (Å²) in [5, 5.41) is 3.00. The van der Waals surface area contributed by atoms with Crippen LogP contribution >= 0.6 is 0 Å². The van der Waals surface area contributed by atoms with Crippen LogP contribution in [0.3, 0.4) is 0 Å². The zero-order valence-corrected chi connectivity index (χ0v) is 18.1. The first kappa shape index (κ1) is 20.7. The number of nitrogens with zero attached hydrogens (tertiary/aromatic N) is 2. The second-order valence-corrected chi connectivity index (χ2v) is 7.91. The smallest absolute Gasteiger partial charge is 0.251 e. The Bertz CT molecular complexity index is 1190. The van der Waals surface area contributed by atoms with Crippen LogP contribution in [-0.4, -0.2) is 22.6 Å². The van der Waals surface area contributed by atoms with Crippen LogP contribution in [0.15, 0.2) is 72.8 Å². The molecule has 0 aliphatic rings. The number of amides is 1. The summed E-state index contributed by atoms with van der Waals surface area (Å²) in [5.74, 6) is 1.83. The van der Waals surface area contributed by atoms with Crippen LogP contribution in [0.5, 0.6) is 5.75 Å². The van der Waals surface area contributed by atoms with E-state index in [9.17, 15) is 4.79 Å². The highest BCUT2D eigenvalue weighted by molar-refractivity contribution is 5.94. The molecule has 0 atom stereocenters. The van der Waals surface area contributed by atoms with Crippen molar-refractivity contribution in [3.05, 3.63) is 95.3 Å². The number of benzene rings is 3. The largest absolute Gasteiger partial charge is 0.497 e. The topological polar surface area (TPSA) is 56.1 Å². The predicted octanol–water partition coefficient (Wildman–Crippen LogP) is 5.15. The highest BCUT2D eigenvalue weighted by atomic mass is 16.5. The van der Waals surface area contributed by atoms with Crippen molar-refractivity contribution >= 4 is 16.9 Å². The summed E-state index contributed by atoms with van der Waals surface area (Å²) in [6, 6.07) is 23.9. The minimum atomic E-state index is -0.154. The molecule has 0 saturated heterocycles. The van der Waals surface area contributed by atoms with E-state index >= 15 is 0 Å². The molecule has 5 nitrogen and oxygen atoms in total. The molecule has 1 aromatic heterocycles. The number of hydrogen-bond acceptors (Lipinski definition) is 3. The number of ether oxygens (including phenoxy) is 1. The summed E-state index contributed by atoms with van der Waals surface area (Å²) < 4.78 is 7.39. The highest BCUT2D eigenvalue weighted by Crippen LogP contribution is 2.20. The number of hydrogen-bond donors (Lipinski definition) is 1. The third kappa shape index (κ3) is 4.61. The fraction of sp³-hybridized carbons (Fsp3) is 0.231. The Morgan fingerprint density at radius 2 is 1.81 bits per heavy atom. The van der Waals surface area contributed by atoms with E-state index in [4.69, 9.17) is 9.72 Å². The molecule has 5 heteroatoms. The van der Waals surface area contributed by atoms with E-state index in [0.717, 1.165) is 16.9 Å². The average molecular weight is 414 g/mol. The monoisotopic (exact) mass is 413 g/mol. The minimum absolute atomic E-state index is 0.154. The molecule has 0 spiro atoms. The van der Waals surface area contributed by atoms with E-state index in [1.165, 1.54) is 11.1 Å². The first-order chi connectivity index (χ1) is 15.0. The normalized spacial score (nSPS) is 11.1. The van der Waals surface area contributed by atoms with Crippen molar-refractivity contribution in [2.45, 2.75) is 32.9 Å². The average Bonchev–Trinajstić information content (AvgIpc) is 3.15. The summed E-state index contributed by atoms with van der Waals surface area (Å²) in [6.07, 6.45) is 0. The molecule has 0 saturated carbocycles. The lowest BCUT2D eigenvalue weighted by atomic mass is 10.0. The van der Waals surface area contributed by atoms with Gasteiger partial charge in [0.2, 0.25) is 0 Å². The maximum atomic E-state index is 12.7. The summed E-state index contributed by atoms with van der Waals surface area (Å²) in [5.41, 5.74) is 5.07. The summed E-state index contributed by atoms with van der Waals surface area (Å²) >= 11 is 0. The van der Waals surface area contributed by atoms with Gasteiger partial charge in [-0.15, -0.1) is 0 Å². The van der Waals surface area contributed by atoms with Gasteiger partial charge in [0, 0.05) is 12.1 Å². The summed E-state index contributed by atoms with van der Waals surface area (Å²) in [7, 11) is 1.59. The fourth-order valence-electron chi connectivity index (χ4n) is 3.65. The number of carbonyl (C=O) groups is 1. The van der Waals surface area contributed by atoms with E-state index in [-0.39, 0.29) is 5.91 Å². The van der Waals surface area contributed by atoms with Crippen molar-refractivity contribution in [2.75, 3.05) is 7.11 Å². The summed E-state index contributed by atoms with van der Waals surface area (Å²) in [4.78, 5) is 17.4. The molecule has 3 aromatic carbocycles. The molecule has 1 amide bonds. The second kappa shape index (κ2) is 9.04. The van der Waals surface area contributed by atoms with Crippen LogP contribution < -0.4 is 10.1 Å². The number of methoxy groups -OCH3 is 1. The van der Waals surface area contributed by atoms with Gasteiger partial charge in [0.25, 0.3) is 5.91 Å². The molecule has 0 radical (unpaired) electrons. The quantitative estimate of drug-likeness (QED) is 0.456. The molecule has 0 fully saturated rings. The van der Waals surface area contributed by atoms with Crippen LogP contribution in [0.25, 0.3) is 11.0 Å². The number of para-hydroxylation sites is 2. The van der Waals surface area contributed by atoms with Crippen LogP contribution in [0, 0.1) is 0 Å². The van der Waals surface area contributed by atoms with Gasteiger partial charge in [0.05, 0.1) is 24.7 Å². The molecule has 4 aromatic rings. The molecule has 0 aliphatic heterocycles. The van der Waals surface area contributed by atoms with Gasteiger partial charge in [-0.25, -0.2) is 4.98 Å². The number of nitrogens with one attached hydrogen (secondary N) is 1. The van der Waals surface area contributed by atoms with Crippen molar-refractivity contribution in [2.24, 2.45) is 0 Å². The molecular formula is C26H27N3O2. The molecular weight excluding hydrogens is 386 g/mol. The van der Waals surface area contributed by atoms with Gasteiger partial charge in [-0.05, 0) is 47.4 Å². The number of imidazole rings is 1. The van der Waals surface area contributed by atoms with Gasteiger partial charge in [-0.3, -0.25) is 4.79 Å². The van der Waals surface area contributed by atoms with E-state index in [1.807, 2.05) is 30.3 Å². The Labute approximate surface area is 182 Å². The fourth-order valence-corrected chi connectivity index (χ4v) is 3.65. The lowest BCUT2D eigenvalue weighted by Gasteiger charge is -2.12. The first-order valence-corrected chi connectivity index (χ1v) is 10.5. The molecule has 4 rings (SSSR count). The lowest BCUT2D eigenvalue weighted by molar-refractivity contribution is 0.0949. The van der Waals surface area contributed by atoms with Crippen LogP contribution in [0.1, 0.15) is 47.1 Å². The van der Waals surface area contributed by atoms with Gasteiger partial charge in [0.1, 0.15) is 11.6 Å². The number of fused-ring (bicyclic) bond motifs is 1. The van der Waals surface area contributed by atoms with Crippen molar-refractivity contribution in [1.82, 2.24) is 14.9 Å². The maximum Gasteiger partial charge on any atom is 0.251 e. The van der Waals surface area contributed by atoms with Crippen molar-refractivity contribution in [3.63, 3.8) is 0 Å². The van der Waals surface area contributed by atoms with E-state index in [1.54, 1.807) is 19.2 Å². The van der Waals surface area contributed by atoms with Crippen LogP contribution in [0.4, 0.5) is 0 Å². The highest BCUT2D eigenvalue weighted by Gasteiger charge is 2.13. The van der Waals surface area contributed by atoms with Crippen LogP contribution in [0.2, 0.25) is 0 Å². The van der Waals surface area contributed by atoms with Gasteiger partial charge in [-0.2, -0.15) is 0 Å². The van der Waals surface area contributed by atoms with E-state index in [0.29, 0.717) is 30.3 Å². The second-order valence-electron chi connectivity index (χ2n) is 7.91. The molecule has 1 N–H and O–H groups in total. The third-order valence-corrected chi connectivity index (χ3v) is 5.46. The van der Waals surface area contributed by atoms with Crippen LogP contribution in [-0.2, 0) is 13.1 Å². The molecule has 31 heavy (non-hydrogen) atoms. The third-order valence-electron chi connectivity index (χ3n) is 5.46. The van der Waals surface area contributed by atoms with Crippen molar-refractivity contribution in [3.8, 4) is 5.75 Å². The van der Waals surface area contributed by atoms with E-state index < -0.39 is 0 Å². The van der Waals surface area contributed by atoms with Gasteiger partial charge in [0.15, 0.2) is 0 Å². The molecule has 0 bridgehead atoms. The standard InChI is InChI=1S/C26H27N3O2/c1-18(2)20-13-11-19(12-14-20)17-29-24-10-5-4-9-23(24)28-25(29)16-27-26(30)21-7-6-8-22(15-21)31-3/h4-15,18H,16-17H2,1-3H3,(H,27,30). The summed E-state index contributed by atoms with van der Waals surface area (Å²) in [6.45, 7) is 5.43. The maximum absolute atomic E-state index is 12.7. The van der Waals surface area contributed by atoms with Gasteiger partial charge < -0.3 is 14.6 Å². The molecule has 158 valence electrons. The Morgan fingerprint density at radius 1 is 1.03 bits per heavy atom. The number of carbonyl (C=O) groups excluding carboxylic acids is 1. The van der Waals surface area contributed by atoms with E-state index in [2.05, 4.69) is 54.1 Å². The number of rotatable bonds is 7. The minimum Gasteiger partial charge on any atom is -0.497 e. The Morgan fingerprint density at radius 3 is 2.55 bits per heavy atom. The Hall–Kier alpha value is -3.60. The lowest BCUT2D eigenvalue weighted by Crippen LogP contribution is -2.25. The molecule has 0 unspecified atom stereocenters.